The first kappa shape index (κ1) is 16.9. The van der Waals surface area contributed by atoms with Crippen LogP contribution in [0.2, 0.25) is 0 Å². The second kappa shape index (κ2) is 6.30. The summed E-state index contributed by atoms with van der Waals surface area (Å²) < 4.78 is 5.99. The molecule has 0 unspecified atom stereocenters. The number of aromatic nitrogens is 3. The maximum atomic E-state index is 4.47. The van der Waals surface area contributed by atoms with E-state index in [1.807, 2.05) is 5.51 Å². The zero-order chi connectivity index (χ0) is 20.4. The molecule has 3 nitrogen and oxygen atoms in total. The molecule has 0 atom stereocenters. The molecule has 0 N–H and O–H groups in total. The fourth-order valence-corrected chi connectivity index (χ4v) is 5.49. The van der Waals surface area contributed by atoms with E-state index in [9.17, 15) is 0 Å². The summed E-state index contributed by atoms with van der Waals surface area (Å²) in [5.74, 6) is 0. The minimum Gasteiger partial charge on any atom is -0.295 e. The fraction of sp³-hybridized carbons (Fsp3) is 0. The first-order valence-electron chi connectivity index (χ1n) is 10.3. The van der Waals surface area contributed by atoms with E-state index in [1.54, 1.807) is 11.3 Å². The molecule has 0 saturated heterocycles. The molecule has 0 amide bonds. The van der Waals surface area contributed by atoms with Crippen LogP contribution in [0.4, 0.5) is 0 Å². The molecule has 0 bridgehead atoms. The Balaban J connectivity index is 1.74. The Morgan fingerprint density at radius 3 is 2.00 bits per heavy atom. The number of benzene rings is 4. The lowest BCUT2D eigenvalue weighted by Crippen LogP contribution is -2.01. The molecule has 0 saturated carbocycles. The third kappa shape index (κ3) is 2.31. The Morgan fingerprint density at radius 1 is 0.613 bits per heavy atom. The molecule has 7 aromatic rings. The summed E-state index contributed by atoms with van der Waals surface area (Å²) in [6.07, 6.45) is 0. The average molecular weight is 416 g/mol. The average Bonchev–Trinajstić information content (AvgIpc) is 3.51. The molecule has 0 spiro atoms. The minimum atomic E-state index is 1.05. The maximum Gasteiger partial charge on any atom is 0.131 e. The van der Waals surface area contributed by atoms with Crippen molar-refractivity contribution in [3.05, 3.63) is 103 Å². The second-order valence-corrected chi connectivity index (χ2v) is 8.63. The molecule has 0 aliphatic rings. The summed E-state index contributed by atoms with van der Waals surface area (Å²) in [7, 11) is 0. The van der Waals surface area contributed by atoms with Gasteiger partial charge in [0.2, 0.25) is 0 Å². The first-order valence-corrected chi connectivity index (χ1v) is 11.2. The number of nitrogens with zero attached hydrogens (tertiary/aromatic N) is 3. The van der Waals surface area contributed by atoms with Gasteiger partial charge in [-0.3, -0.25) is 9.13 Å². The molecule has 3 aromatic heterocycles. The third-order valence-electron chi connectivity index (χ3n) is 6.06. The van der Waals surface area contributed by atoms with E-state index in [4.69, 9.17) is 0 Å². The normalized spacial score (nSPS) is 11.9. The Bertz CT molecular complexity index is 1730. The highest BCUT2D eigenvalue weighted by atomic mass is 32.1. The lowest BCUT2D eigenvalue weighted by Gasteiger charge is -2.13. The van der Waals surface area contributed by atoms with E-state index < -0.39 is 0 Å². The molecule has 4 heteroatoms. The lowest BCUT2D eigenvalue weighted by atomic mass is 10.1. The zero-order valence-electron chi connectivity index (χ0n) is 16.6. The minimum absolute atomic E-state index is 1.05. The number of rotatable bonds is 2. The van der Waals surface area contributed by atoms with Crippen LogP contribution in [0.5, 0.6) is 0 Å². The Morgan fingerprint density at radius 2 is 1.26 bits per heavy atom. The van der Waals surface area contributed by atoms with Crippen LogP contribution in [0, 0.1) is 0 Å². The van der Waals surface area contributed by atoms with Gasteiger partial charge in [0.1, 0.15) is 5.65 Å². The number of thiazole rings is 1. The number of fused-ring (bicyclic) bond motifs is 6. The van der Waals surface area contributed by atoms with Crippen LogP contribution in [0.15, 0.2) is 103 Å². The van der Waals surface area contributed by atoms with E-state index in [0.717, 1.165) is 16.9 Å². The fourth-order valence-electron chi connectivity index (χ4n) is 4.78. The zero-order valence-corrected chi connectivity index (χ0v) is 17.4. The molecular formula is C27H17N3S. The summed E-state index contributed by atoms with van der Waals surface area (Å²) in [5.41, 5.74) is 8.91. The number of para-hydroxylation sites is 3. The van der Waals surface area contributed by atoms with Crippen molar-refractivity contribution in [3.8, 4) is 11.4 Å². The van der Waals surface area contributed by atoms with Crippen molar-refractivity contribution in [3.63, 3.8) is 0 Å². The largest absolute Gasteiger partial charge is 0.295 e. The van der Waals surface area contributed by atoms with E-state index in [1.165, 1.54) is 37.5 Å². The monoisotopic (exact) mass is 415 g/mol. The molecule has 0 aliphatic heterocycles. The van der Waals surface area contributed by atoms with Crippen LogP contribution in [-0.2, 0) is 0 Å². The molecule has 3 heterocycles. The molecule has 4 aromatic carbocycles. The van der Waals surface area contributed by atoms with Gasteiger partial charge in [0.15, 0.2) is 0 Å². The highest BCUT2D eigenvalue weighted by molar-refractivity contribution is 7.16. The Labute approximate surface area is 182 Å². The van der Waals surface area contributed by atoms with E-state index in [-0.39, 0.29) is 0 Å². The van der Waals surface area contributed by atoms with Crippen LogP contribution >= 0.6 is 11.3 Å². The van der Waals surface area contributed by atoms with Crippen molar-refractivity contribution >= 4 is 54.4 Å². The number of hydrogen-bond donors (Lipinski definition) is 0. The van der Waals surface area contributed by atoms with Gasteiger partial charge < -0.3 is 0 Å². The van der Waals surface area contributed by atoms with Crippen molar-refractivity contribution in [2.24, 2.45) is 0 Å². The molecule has 0 radical (unpaired) electrons. The Hall–Kier alpha value is -3.89. The van der Waals surface area contributed by atoms with Crippen molar-refractivity contribution in [2.75, 3.05) is 0 Å². The smallest absolute Gasteiger partial charge is 0.131 e. The van der Waals surface area contributed by atoms with E-state index in [0.29, 0.717) is 0 Å². The van der Waals surface area contributed by atoms with E-state index in [2.05, 4.69) is 111 Å². The van der Waals surface area contributed by atoms with Crippen molar-refractivity contribution in [1.29, 1.82) is 0 Å². The van der Waals surface area contributed by atoms with Crippen molar-refractivity contribution in [2.45, 2.75) is 0 Å². The van der Waals surface area contributed by atoms with Gasteiger partial charge in [-0.2, -0.15) is 0 Å². The third-order valence-corrected chi connectivity index (χ3v) is 6.85. The summed E-state index contributed by atoms with van der Waals surface area (Å²) in [6.45, 7) is 0. The van der Waals surface area contributed by atoms with Crippen molar-refractivity contribution in [1.82, 2.24) is 14.1 Å². The van der Waals surface area contributed by atoms with Crippen LogP contribution in [0.1, 0.15) is 0 Å². The van der Waals surface area contributed by atoms with Crippen molar-refractivity contribution < 1.29 is 0 Å². The van der Waals surface area contributed by atoms with Gasteiger partial charge in [-0.25, -0.2) is 4.98 Å². The quantitative estimate of drug-likeness (QED) is 0.290. The standard InChI is InChI=1S/C27H17N3S/c1-2-8-18(9-3-1)29-23-12-6-4-10-20(23)26-21-11-5-7-13-24(21)30(27(26)29)19-14-15-22-25(16-19)31-17-28-22/h1-17H. The van der Waals surface area contributed by atoms with Gasteiger partial charge in [-0.15, -0.1) is 11.3 Å². The van der Waals surface area contributed by atoms with Gasteiger partial charge in [0.25, 0.3) is 0 Å². The van der Waals surface area contributed by atoms with Gasteiger partial charge in [-0.05, 0) is 42.5 Å². The second-order valence-electron chi connectivity index (χ2n) is 7.74. The van der Waals surface area contributed by atoms with Crippen LogP contribution < -0.4 is 0 Å². The SMILES string of the molecule is c1ccc(-n2c3ccccc3c3c4ccccc4n(-c4ccc5ncsc5c4)c32)cc1. The Kier molecular flexibility index (Phi) is 3.43. The van der Waals surface area contributed by atoms with Gasteiger partial charge in [0, 0.05) is 27.5 Å². The summed E-state index contributed by atoms with van der Waals surface area (Å²) >= 11 is 1.68. The number of hydrogen-bond acceptors (Lipinski definition) is 2. The molecule has 0 aliphatic carbocycles. The van der Waals surface area contributed by atoms with Crippen LogP contribution in [-0.4, -0.2) is 14.1 Å². The highest BCUT2D eigenvalue weighted by Gasteiger charge is 2.21. The topological polar surface area (TPSA) is 22.8 Å². The summed E-state index contributed by atoms with van der Waals surface area (Å²) in [6, 6.07) is 34.6. The van der Waals surface area contributed by atoms with Gasteiger partial charge in [0.05, 0.1) is 26.8 Å². The first-order chi connectivity index (χ1) is 15.4. The molecule has 7 rings (SSSR count). The van der Waals surface area contributed by atoms with Crippen LogP contribution in [0.3, 0.4) is 0 Å². The molecular weight excluding hydrogens is 398 g/mol. The maximum absolute atomic E-state index is 4.47. The van der Waals surface area contributed by atoms with Gasteiger partial charge in [-0.1, -0.05) is 54.6 Å². The molecule has 0 fully saturated rings. The predicted octanol–water partition coefficient (Wildman–Crippen LogP) is 7.34. The summed E-state index contributed by atoms with van der Waals surface area (Å²) in [4.78, 5) is 4.47. The summed E-state index contributed by atoms with van der Waals surface area (Å²) in [5, 5.41) is 3.84. The molecule has 146 valence electrons. The van der Waals surface area contributed by atoms with Gasteiger partial charge >= 0.3 is 0 Å². The predicted molar refractivity (Wildman–Crippen MR) is 131 cm³/mol. The molecule has 31 heavy (non-hydrogen) atoms. The lowest BCUT2D eigenvalue weighted by molar-refractivity contribution is 1.07. The highest BCUT2D eigenvalue weighted by Crippen LogP contribution is 2.40. The van der Waals surface area contributed by atoms with Crippen LogP contribution in [0.25, 0.3) is 54.4 Å². The van der Waals surface area contributed by atoms with E-state index >= 15 is 0 Å².